The SMILES string of the molecule is CC1OC(OC2C=CC=CC=CC=CCCC=CC=C[C@H](C)[C@@H](O)[C@@H](C)[C@H](C)OC(=O)CC(O)CC(O)CC(O)CCC(O)C(O)C[C@]3(O)CC(O)C(C(=O)O)C(C2)O3)C(O)C(N)C1O. The third-order valence-electron chi connectivity index (χ3n) is 12.2. The summed E-state index contributed by atoms with van der Waals surface area (Å²) in [5.74, 6) is -6.82. The lowest BCUT2D eigenvalue weighted by Gasteiger charge is -2.45. The molecule has 14 unspecified atom stereocenters. The molecular weight excluding hydrogens is 851 g/mol. The van der Waals surface area contributed by atoms with Gasteiger partial charge in [0.15, 0.2) is 12.1 Å². The average molecular weight is 926 g/mol. The van der Waals surface area contributed by atoms with Crippen molar-refractivity contribution in [3.05, 3.63) is 72.9 Å². The first-order valence-electron chi connectivity index (χ1n) is 22.6. The summed E-state index contributed by atoms with van der Waals surface area (Å²) in [5, 5.41) is 118. The Hall–Kier alpha value is -3.18. The van der Waals surface area contributed by atoms with Crippen LogP contribution in [0.5, 0.6) is 0 Å². The van der Waals surface area contributed by atoms with Crippen molar-refractivity contribution in [2.45, 2.75) is 189 Å². The lowest BCUT2D eigenvalue weighted by molar-refractivity contribution is -0.310. The van der Waals surface area contributed by atoms with Crippen LogP contribution in [0.3, 0.4) is 0 Å². The fourth-order valence-electron chi connectivity index (χ4n) is 8.11. The summed E-state index contributed by atoms with van der Waals surface area (Å²) in [6.45, 7) is 6.78. The summed E-state index contributed by atoms with van der Waals surface area (Å²) in [4.78, 5) is 25.1. The molecule has 3 heterocycles. The topological polar surface area (TPSA) is 320 Å². The van der Waals surface area contributed by atoms with Crippen LogP contribution in [0.1, 0.15) is 91.9 Å². The summed E-state index contributed by atoms with van der Waals surface area (Å²) < 4.78 is 23.2. The zero-order valence-electron chi connectivity index (χ0n) is 37.8. The molecule has 18 nitrogen and oxygen atoms in total. The van der Waals surface area contributed by atoms with E-state index >= 15 is 0 Å². The molecule has 18 heteroatoms. The van der Waals surface area contributed by atoms with Crippen LogP contribution < -0.4 is 5.73 Å². The van der Waals surface area contributed by atoms with E-state index in [4.69, 9.17) is 24.7 Å². The number of allylic oxidation sites excluding steroid dienone is 10. The molecule has 3 aliphatic heterocycles. The number of ether oxygens (including phenoxy) is 4. The summed E-state index contributed by atoms with van der Waals surface area (Å²) in [7, 11) is 0. The van der Waals surface area contributed by atoms with Gasteiger partial charge in [-0.25, -0.2) is 0 Å². The number of hydrogen-bond donors (Lipinski definition) is 12. The number of carbonyl (C=O) groups excluding carboxylic acids is 1. The van der Waals surface area contributed by atoms with Crippen LogP contribution in [0.2, 0.25) is 0 Å². The van der Waals surface area contributed by atoms with Crippen molar-refractivity contribution >= 4 is 11.9 Å². The van der Waals surface area contributed by atoms with E-state index in [-0.39, 0.29) is 38.0 Å². The molecule has 0 aromatic rings. The number of aliphatic hydroxyl groups is 10. The molecule has 65 heavy (non-hydrogen) atoms. The van der Waals surface area contributed by atoms with Crippen LogP contribution in [-0.2, 0) is 28.5 Å². The van der Waals surface area contributed by atoms with E-state index < -0.39 is 141 Å². The van der Waals surface area contributed by atoms with Gasteiger partial charge in [-0.2, -0.15) is 0 Å². The van der Waals surface area contributed by atoms with Crippen LogP contribution in [0, 0.1) is 17.8 Å². The number of cyclic esters (lactones) is 1. The maximum absolute atomic E-state index is 12.6. The number of hydrogen-bond acceptors (Lipinski definition) is 17. The molecule has 370 valence electrons. The third kappa shape index (κ3) is 18.8. The molecule has 0 saturated carbocycles. The number of rotatable bonds is 3. The number of aliphatic hydroxyl groups excluding tert-OH is 9. The second kappa shape index (κ2) is 27.6. The van der Waals surface area contributed by atoms with Crippen LogP contribution in [0.25, 0.3) is 0 Å². The van der Waals surface area contributed by atoms with Crippen LogP contribution >= 0.6 is 0 Å². The van der Waals surface area contributed by atoms with Gasteiger partial charge >= 0.3 is 11.9 Å². The predicted molar refractivity (Wildman–Crippen MR) is 237 cm³/mol. The Morgan fingerprint density at radius 1 is 0.692 bits per heavy atom. The van der Waals surface area contributed by atoms with Crippen LogP contribution in [-0.4, -0.2) is 166 Å². The van der Waals surface area contributed by atoms with Crippen molar-refractivity contribution < 1.29 is 84.7 Å². The molecule has 3 aliphatic rings. The molecule has 2 bridgehead atoms. The Kier molecular flexibility index (Phi) is 23.8. The smallest absolute Gasteiger partial charge is 0.311 e. The molecule has 0 radical (unpaired) electrons. The number of carboxylic acid groups (broad SMARTS) is 1. The number of aliphatic carboxylic acids is 1. The number of carbonyl (C=O) groups is 2. The highest BCUT2D eigenvalue weighted by molar-refractivity contribution is 5.71. The Labute approximate surface area is 381 Å². The Bertz CT molecular complexity index is 1620. The molecule has 0 amide bonds. The van der Waals surface area contributed by atoms with Gasteiger partial charge in [-0.15, -0.1) is 0 Å². The standard InChI is InChI=1S/C47H75NO17/c1-27-17-15-13-11-9-7-5-6-8-10-12-14-16-18-34(64-46-44(58)41(48)43(57)30(4)63-46)24-38-40(45(59)60)37(54)26-47(61,65-38)25-36(53)35(52)20-19-31(49)21-32(50)22-33(51)23-39(55)62-29(3)28(2)42(27)56/h5-6,8,10-18,27-38,40-44,46,49-54,56-58,61H,7,9,19-26,48H2,1-4H3,(H,59,60)/t27-,28-,29-,30?,31?,32?,33?,34?,35?,36?,37?,38?,40?,41?,42+,43?,44?,46?,47+/m0/s1. The third-order valence-corrected chi connectivity index (χ3v) is 12.2. The zero-order chi connectivity index (χ0) is 48.4. The summed E-state index contributed by atoms with van der Waals surface area (Å²) >= 11 is 0. The largest absolute Gasteiger partial charge is 0.481 e. The highest BCUT2D eigenvalue weighted by atomic mass is 16.7. The quantitative estimate of drug-likeness (QED) is 0.175. The first-order chi connectivity index (χ1) is 30.6. The van der Waals surface area contributed by atoms with Gasteiger partial charge in [0.05, 0.1) is 79.6 Å². The molecule has 2 saturated heterocycles. The lowest BCUT2D eigenvalue weighted by atomic mass is 9.82. The fraction of sp³-hybridized carbons (Fsp3) is 0.702. The number of nitrogens with two attached hydrogens (primary N) is 1. The minimum Gasteiger partial charge on any atom is -0.481 e. The molecule has 0 aromatic heterocycles. The maximum atomic E-state index is 12.6. The van der Waals surface area contributed by atoms with Crippen LogP contribution in [0.15, 0.2) is 72.9 Å². The molecule has 13 N–H and O–H groups in total. The monoisotopic (exact) mass is 926 g/mol. The van der Waals surface area contributed by atoms with Crippen molar-refractivity contribution in [1.29, 1.82) is 0 Å². The second-order valence-corrected chi connectivity index (χ2v) is 17.8. The molecule has 2 fully saturated rings. The van der Waals surface area contributed by atoms with Gasteiger partial charge in [0, 0.05) is 31.1 Å². The number of fused-ring (bicyclic) bond motifs is 2. The van der Waals surface area contributed by atoms with Gasteiger partial charge in [-0.1, -0.05) is 86.8 Å². The molecular formula is C47H75NO17. The van der Waals surface area contributed by atoms with Gasteiger partial charge in [0.1, 0.15) is 18.1 Å². The zero-order valence-corrected chi connectivity index (χ0v) is 37.8. The summed E-state index contributed by atoms with van der Waals surface area (Å²) in [6.07, 6.45) is 2.28. The van der Waals surface area contributed by atoms with E-state index in [2.05, 4.69) is 0 Å². The summed E-state index contributed by atoms with van der Waals surface area (Å²) in [6, 6.07) is -1.14. The summed E-state index contributed by atoms with van der Waals surface area (Å²) in [5.41, 5.74) is 6.02. The number of carboxylic acids is 1. The minimum atomic E-state index is -2.35. The molecule has 0 aliphatic carbocycles. The number of esters is 1. The van der Waals surface area contributed by atoms with E-state index in [1.165, 1.54) is 13.0 Å². The molecule has 0 aromatic carbocycles. The van der Waals surface area contributed by atoms with E-state index in [1.807, 2.05) is 49.5 Å². The van der Waals surface area contributed by atoms with Crippen molar-refractivity contribution in [2.24, 2.45) is 23.5 Å². The van der Waals surface area contributed by atoms with Crippen molar-refractivity contribution in [3.8, 4) is 0 Å². The van der Waals surface area contributed by atoms with Crippen LogP contribution in [0.4, 0.5) is 0 Å². The predicted octanol–water partition coefficient (Wildman–Crippen LogP) is 0.936. The van der Waals surface area contributed by atoms with Crippen molar-refractivity contribution in [3.63, 3.8) is 0 Å². The first kappa shape index (κ1) is 56.1. The highest BCUT2D eigenvalue weighted by Crippen LogP contribution is 2.38. The highest BCUT2D eigenvalue weighted by Gasteiger charge is 2.51. The average Bonchev–Trinajstić information content (AvgIpc) is 3.21. The van der Waals surface area contributed by atoms with Gasteiger partial charge in [0.2, 0.25) is 0 Å². The Morgan fingerprint density at radius 2 is 1.28 bits per heavy atom. The van der Waals surface area contributed by atoms with Gasteiger partial charge in [-0.05, 0) is 52.4 Å². The molecule has 19 atom stereocenters. The van der Waals surface area contributed by atoms with Gasteiger partial charge in [0.25, 0.3) is 0 Å². The second-order valence-electron chi connectivity index (χ2n) is 17.8. The van der Waals surface area contributed by atoms with Gasteiger partial charge < -0.3 is 80.9 Å². The molecule has 0 spiro atoms. The van der Waals surface area contributed by atoms with Crippen molar-refractivity contribution in [1.82, 2.24) is 0 Å². The lowest BCUT2D eigenvalue weighted by Crippen LogP contribution is -2.61. The van der Waals surface area contributed by atoms with Crippen molar-refractivity contribution in [2.75, 3.05) is 0 Å². The Balaban J connectivity index is 1.84. The molecule has 3 rings (SSSR count). The normalized spacial score (nSPS) is 42.3. The van der Waals surface area contributed by atoms with E-state index in [0.717, 1.165) is 12.8 Å². The Morgan fingerprint density at radius 3 is 1.94 bits per heavy atom. The van der Waals surface area contributed by atoms with E-state index in [1.54, 1.807) is 38.2 Å². The van der Waals surface area contributed by atoms with E-state index in [9.17, 15) is 65.8 Å². The van der Waals surface area contributed by atoms with E-state index in [0.29, 0.717) is 0 Å². The maximum Gasteiger partial charge on any atom is 0.311 e. The first-order valence-corrected chi connectivity index (χ1v) is 22.6. The van der Waals surface area contributed by atoms with Gasteiger partial charge in [-0.3, -0.25) is 9.59 Å². The fourth-order valence-corrected chi connectivity index (χ4v) is 8.11. The minimum absolute atomic E-state index is 0.138.